The highest BCUT2D eigenvalue weighted by Crippen LogP contribution is 2.33. The summed E-state index contributed by atoms with van der Waals surface area (Å²) in [5, 5.41) is 10.9. The quantitative estimate of drug-likeness (QED) is 0.358. The molecule has 0 bridgehead atoms. The second-order valence-corrected chi connectivity index (χ2v) is 7.57. The van der Waals surface area contributed by atoms with Crippen LogP contribution in [0.15, 0.2) is 9.52 Å². The van der Waals surface area contributed by atoms with Crippen molar-refractivity contribution in [3.05, 3.63) is 11.7 Å². The van der Waals surface area contributed by atoms with Crippen LogP contribution in [0.3, 0.4) is 0 Å². The number of likely N-dealkylation sites (tertiary alicyclic amines) is 1. The Kier molecular flexibility index (Phi) is 8.12. The van der Waals surface area contributed by atoms with Crippen molar-refractivity contribution in [1.82, 2.24) is 25.7 Å². The van der Waals surface area contributed by atoms with Gasteiger partial charge >= 0.3 is 0 Å². The third-order valence-electron chi connectivity index (χ3n) is 4.92. The molecule has 2 aliphatic rings. The third-order valence-corrected chi connectivity index (χ3v) is 4.92. The van der Waals surface area contributed by atoms with Crippen molar-refractivity contribution >= 4 is 29.9 Å². The van der Waals surface area contributed by atoms with Gasteiger partial charge in [-0.05, 0) is 33.1 Å². The predicted molar refractivity (Wildman–Crippen MR) is 114 cm³/mol. The second-order valence-electron chi connectivity index (χ2n) is 7.57. The molecule has 0 radical (unpaired) electrons. The number of hydrogen-bond donors (Lipinski definition) is 2. The lowest BCUT2D eigenvalue weighted by atomic mass is 10.2. The number of halogens is 1. The molecule has 0 amide bonds. The van der Waals surface area contributed by atoms with Crippen LogP contribution in [-0.4, -0.2) is 58.8 Å². The van der Waals surface area contributed by atoms with E-state index in [0.29, 0.717) is 36.9 Å². The largest absolute Gasteiger partial charge is 0.357 e. The average molecular weight is 476 g/mol. The normalized spacial score (nSPS) is 24.0. The molecular formula is C18H33IN6O. The molecule has 2 atom stereocenters. The highest BCUT2D eigenvalue weighted by Gasteiger charge is 2.38. The summed E-state index contributed by atoms with van der Waals surface area (Å²) >= 11 is 0. The number of guanidine groups is 1. The van der Waals surface area contributed by atoms with Crippen molar-refractivity contribution in [3.63, 3.8) is 0 Å². The van der Waals surface area contributed by atoms with Gasteiger partial charge in [-0.2, -0.15) is 4.98 Å². The van der Waals surface area contributed by atoms with E-state index in [4.69, 9.17) is 4.52 Å². The van der Waals surface area contributed by atoms with E-state index < -0.39 is 0 Å². The lowest BCUT2D eigenvalue weighted by molar-refractivity contribution is 0.256. The zero-order valence-electron chi connectivity index (χ0n) is 16.4. The Bertz CT molecular complexity index is 586. The molecule has 1 aliphatic heterocycles. The van der Waals surface area contributed by atoms with Gasteiger partial charge in [0.25, 0.3) is 0 Å². The summed E-state index contributed by atoms with van der Waals surface area (Å²) in [7, 11) is 0. The highest BCUT2D eigenvalue weighted by molar-refractivity contribution is 14.0. The first-order chi connectivity index (χ1) is 12.1. The van der Waals surface area contributed by atoms with Gasteiger partial charge < -0.3 is 15.2 Å². The number of aliphatic imine (C=N–C) groups is 1. The zero-order valence-corrected chi connectivity index (χ0v) is 18.7. The molecule has 8 heteroatoms. The maximum atomic E-state index is 5.28. The number of nitrogens with one attached hydrogen (secondary N) is 2. The maximum Gasteiger partial charge on any atom is 0.228 e. The number of hydrogen-bond acceptors (Lipinski definition) is 5. The number of nitrogens with zero attached hydrogens (tertiary/aromatic N) is 4. The van der Waals surface area contributed by atoms with E-state index in [1.807, 2.05) is 0 Å². The first-order valence-electron chi connectivity index (χ1n) is 9.69. The predicted octanol–water partition coefficient (Wildman–Crippen LogP) is 2.53. The number of aromatic nitrogens is 2. The SMILES string of the molecule is CCNC(=NCCc1nc(C(C)C)no1)NC1CC(C)N(C2CC2)C1.I. The van der Waals surface area contributed by atoms with Crippen LogP contribution in [0.25, 0.3) is 0 Å². The van der Waals surface area contributed by atoms with Gasteiger partial charge in [-0.25, -0.2) is 0 Å². The Morgan fingerprint density at radius 3 is 2.77 bits per heavy atom. The van der Waals surface area contributed by atoms with E-state index in [2.05, 4.69) is 58.4 Å². The fraction of sp³-hybridized carbons (Fsp3) is 0.833. The summed E-state index contributed by atoms with van der Waals surface area (Å²) in [4.78, 5) is 11.7. The van der Waals surface area contributed by atoms with Crippen LogP contribution in [0.1, 0.15) is 64.6 Å². The molecular weight excluding hydrogens is 443 g/mol. The van der Waals surface area contributed by atoms with Crippen LogP contribution in [0, 0.1) is 0 Å². The molecule has 1 saturated heterocycles. The van der Waals surface area contributed by atoms with Crippen molar-refractivity contribution in [3.8, 4) is 0 Å². The molecule has 1 saturated carbocycles. The minimum absolute atomic E-state index is 0. The Hall–Kier alpha value is -0.900. The van der Waals surface area contributed by atoms with Crippen molar-refractivity contribution in [1.29, 1.82) is 0 Å². The second kappa shape index (κ2) is 9.87. The monoisotopic (exact) mass is 476 g/mol. The first kappa shape index (κ1) is 21.4. The smallest absolute Gasteiger partial charge is 0.228 e. The van der Waals surface area contributed by atoms with Gasteiger partial charge in [0.1, 0.15) is 0 Å². The molecule has 2 heterocycles. The Balaban J connectivity index is 0.00000243. The van der Waals surface area contributed by atoms with Crippen LogP contribution in [0.4, 0.5) is 0 Å². The number of rotatable bonds is 7. The van der Waals surface area contributed by atoms with Gasteiger partial charge in [0.2, 0.25) is 5.89 Å². The summed E-state index contributed by atoms with van der Waals surface area (Å²) < 4.78 is 5.28. The summed E-state index contributed by atoms with van der Waals surface area (Å²) in [5.41, 5.74) is 0. The van der Waals surface area contributed by atoms with E-state index >= 15 is 0 Å². The van der Waals surface area contributed by atoms with Crippen molar-refractivity contribution in [2.24, 2.45) is 4.99 Å². The molecule has 1 aliphatic carbocycles. The topological polar surface area (TPSA) is 78.6 Å². The van der Waals surface area contributed by atoms with Crippen molar-refractivity contribution in [2.45, 2.75) is 77.4 Å². The van der Waals surface area contributed by atoms with E-state index in [1.165, 1.54) is 19.3 Å². The van der Waals surface area contributed by atoms with E-state index in [1.54, 1.807) is 0 Å². The summed E-state index contributed by atoms with van der Waals surface area (Å²) in [6.07, 6.45) is 4.59. The molecule has 2 N–H and O–H groups in total. The van der Waals surface area contributed by atoms with E-state index in [0.717, 1.165) is 30.9 Å². The summed E-state index contributed by atoms with van der Waals surface area (Å²) in [5.74, 6) is 2.61. The first-order valence-corrected chi connectivity index (χ1v) is 9.69. The van der Waals surface area contributed by atoms with Crippen LogP contribution >= 0.6 is 24.0 Å². The Morgan fingerprint density at radius 2 is 2.15 bits per heavy atom. The van der Waals surface area contributed by atoms with Crippen LogP contribution in [0.5, 0.6) is 0 Å². The van der Waals surface area contributed by atoms with Gasteiger partial charge in [-0.15, -0.1) is 24.0 Å². The van der Waals surface area contributed by atoms with Gasteiger partial charge in [-0.3, -0.25) is 9.89 Å². The molecule has 3 rings (SSSR count). The van der Waals surface area contributed by atoms with Crippen LogP contribution in [-0.2, 0) is 6.42 Å². The molecule has 2 unspecified atom stereocenters. The molecule has 26 heavy (non-hydrogen) atoms. The minimum atomic E-state index is 0. The standard InChI is InChI=1S/C18H32N6O.HI/c1-5-19-18(20-9-8-16-22-17(12(2)3)23-25-16)21-14-10-13(4)24(11-14)15-6-7-15;/h12-15H,5-11H2,1-4H3,(H2,19,20,21);1H. The molecule has 1 aromatic heterocycles. The van der Waals surface area contributed by atoms with Crippen LogP contribution < -0.4 is 10.6 Å². The summed E-state index contributed by atoms with van der Waals surface area (Å²) in [6.45, 7) is 11.2. The minimum Gasteiger partial charge on any atom is -0.357 e. The zero-order chi connectivity index (χ0) is 17.8. The van der Waals surface area contributed by atoms with Gasteiger partial charge in [0.05, 0.1) is 6.54 Å². The summed E-state index contributed by atoms with van der Waals surface area (Å²) in [6, 6.07) is 1.97. The molecule has 7 nitrogen and oxygen atoms in total. The Morgan fingerprint density at radius 1 is 1.38 bits per heavy atom. The average Bonchev–Trinajstić information content (AvgIpc) is 3.18. The molecule has 0 spiro atoms. The van der Waals surface area contributed by atoms with Gasteiger partial charge in [0, 0.05) is 43.6 Å². The van der Waals surface area contributed by atoms with E-state index in [9.17, 15) is 0 Å². The van der Waals surface area contributed by atoms with Gasteiger partial charge in [0.15, 0.2) is 11.8 Å². The lowest BCUT2D eigenvalue weighted by Crippen LogP contribution is -2.44. The molecule has 148 valence electrons. The van der Waals surface area contributed by atoms with Crippen molar-refractivity contribution < 1.29 is 4.52 Å². The fourth-order valence-electron chi connectivity index (χ4n) is 3.46. The Labute approximate surface area is 173 Å². The maximum absolute atomic E-state index is 5.28. The van der Waals surface area contributed by atoms with Crippen LogP contribution in [0.2, 0.25) is 0 Å². The fourth-order valence-corrected chi connectivity index (χ4v) is 3.46. The van der Waals surface area contributed by atoms with Gasteiger partial charge in [-0.1, -0.05) is 19.0 Å². The third kappa shape index (κ3) is 5.80. The lowest BCUT2D eigenvalue weighted by Gasteiger charge is -2.20. The molecule has 1 aromatic rings. The molecule has 2 fully saturated rings. The molecule has 0 aromatic carbocycles. The van der Waals surface area contributed by atoms with Crippen molar-refractivity contribution in [2.75, 3.05) is 19.6 Å². The van der Waals surface area contributed by atoms with E-state index in [-0.39, 0.29) is 24.0 Å². The highest BCUT2D eigenvalue weighted by atomic mass is 127.